The zero-order valence-corrected chi connectivity index (χ0v) is 22.7. The molecule has 0 bridgehead atoms. The van der Waals surface area contributed by atoms with Crippen molar-refractivity contribution in [1.82, 2.24) is 34.7 Å². The van der Waals surface area contributed by atoms with E-state index in [1.54, 1.807) is 45.8 Å². The molecule has 1 unspecified atom stereocenters. The van der Waals surface area contributed by atoms with E-state index in [0.29, 0.717) is 29.6 Å². The van der Waals surface area contributed by atoms with Crippen molar-refractivity contribution in [3.05, 3.63) is 106 Å². The number of imidazole rings is 1. The number of methoxy groups -OCH3 is 1. The number of tetrazole rings is 1. The van der Waals surface area contributed by atoms with Gasteiger partial charge in [0.1, 0.15) is 18.8 Å². The van der Waals surface area contributed by atoms with Gasteiger partial charge in [-0.2, -0.15) is 0 Å². The van der Waals surface area contributed by atoms with Crippen molar-refractivity contribution in [2.24, 2.45) is 0 Å². The van der Waals surface area contributed by atoms with Crippen LogP contribution in [-0.4, -0.2) is 61.2 Å². The van der Waals surface area contributed by atoms with Crippen molar-refractivity contribution in [2.45, 2.75) is 18.4 Å². The summed E-state index contributed by atoms with van der Waals surface area (Å²) in [6.45, 7) is 0.494. The molecule has 0 spiro atoms. The maximum Gasteiger partial charge on any atom is 0.411 e. The smallest absolute Gasteiger partial charge is 0.411 e. The Bertz CT molecular complexity index is 1730. The number of H-pyrrole nitrogens is 1. The first-order valence-electron chi connectivity index (χ1n) is 12.8. The minimum absolute atomic E-state index is 0.119. The van der Waals surface area contributed by atoms with Crippen LogP contribution in [0, 0.1) is 0 Å². The quantitative estimate of drug-likeness (QED) is 0.264. The van der Waals surface area contributed by atoms with E-state index < -0.39 is 6.09 Å². The standard InChI is InChI=1S/C28H25ClN8O4/c1-40-11-12-41-28(39)32-19-8-5-17(6-9-19)22-15-30-27(33-22)25-14-21(24-3-2-4-26(38)37(24)25)20-13-18(29)7-10-23(20)36-16-31-34-35-36/h2-10,13,15-16,21,25H,11-12,14H2,1H3,(H,30,33)(H,32,39)/t21?,25-/m0/s1. The third kappa shape index (κ3) is 5.34. The normalized spacial score (nSPS) is 16.0. The van der Waals surface area contributed by atoms with Gasteiger partial charge in [0.25, 0.3) is 5.56 Å². The van der Waals surface area contributed by atoms with Crippen LogP contribution in [-0.2, 0) is 9.47 Å². The minimum atomic E-state index is -0.554. The number of halogens is 1. The predicted molar refractivity (Wildman–Crippen MR) is 150 cm³/mol. The number of pyridine rings is 1. The highest BCUT2D eigenvalue weighted by Crippen LogP contribution is 2.44. The molecule has 3 aromatic heterocycles. The van der Waals surface area contributed by atoms with E-state index >= 15 is 0 Å². The number of aromatic nitrogens is 7. The molecule has 2 aromatic carbocycles. The zero-order valence-electron chi connectivity index (χ0n) is 21.9. The summed E-state index contributed by atoms with van der Waals surface area (Å²) in [6.07, 6.45) is 3.29. The number of nitrogens with zero attached hydrogens (tertiary/aromatic N) is 6. The van der Waals surface area contributed by atoms with Gasteiger partial charge in [-0.25, -0.2) is 14.5 Å². The first kappa shape index (κ1) is 26.4. The van der Waals surface area contributed by atoms with Gasteiger partial charge in [-0.3, -0.25) is 10.1 Å². The molecule has 2 N–H and O–H groups in total. The maximum absolute atomic E-state index is 13.1. The van der Waals surface area contributed by atoms with Gasteiger partial charge >= 0.3 is 6.09 Å². The Labute approximate surface area is 238 Å². The van der Waals surface area contributed by atoms with Crippen LogP contribution in [0.3, 0.4) is 0 Å². The van der Waals surface area contributed by atoms with Crippen molar-refractivity contribution in [1.29, 1.82) is 0 Å². The fraction of sp³-hybridized carbons (Fsp3) is 0.214. The Kier molecular flexibility index (Phi) is 7.32. The van der Waals surface area contributed by atoms with Crippen LogP contribution in [0.25, 0.3) is 16.9 Å². The first-order chi connectivity index (χ1) is 20.0. The van der Waals surface area contributed by atoms with Crippen LogP contribution in [0.1, 0.15) is 35.5 Å². The number of anilines is 1. The van der Waals surface area contributed by atoms with E-state index in [4.69, 9.17) is 21.1 Å². The summed E-state index contributed by atoms with van der Waals surface area (Å²) in [5.74, 6) is 0.501. The van der Waals surface area contributed by atoms with Gasteiger partial charge in [-0.1, -0.05) is 29.8 Å². The Balaban J connectivity index is 1.28. The Hall–Kier alpha value is -4.81. The summed E-state index contributed by atoms with van der Waals surface area (Å²) in [7, 11) is 1.54. The lowest BCUT2D eigenvalue weighted by atomic mass is 9.91. The van der Waals surface area contributed by atoms with E-state index in [1.165, 1.54) is 13.4 Å². The van der Waals surface area contributed by atoms with Crippen molar-refractivity contribution >= 4 is 23.4 Å². The topological polar surface area (TPSA) is 142 Å². The van der Waals surface area contributed by atoms with Crippen molar-refractivity contribution in [2.75, 3.05) is 25.6 Å². The lowest BCUT2D eigenvalue weighted by Gasteiger charge is -2.16. The molecule has 5 aromatic rings. The molecular weight excluding hydrogens is 548 g/mol. The van der Waals surface area contributed by atoms with Gasteiger partial charge < -0.3 is 19.0 Å². The molecule has 41 heavy (non-hydrogen) atoms. The van der Waals surface area contributed by atoms with Crippen molar-refractivity contribution in [3.8, 4) is 16.9 Å². The molecule has 12 nitrogen and oxygen atoms in total. The highest BCUT2D eigenvalue weighted by atomic mass is 35.5. The number of rotatable bonds is 8. The summed E-state index contributed by atoms with van der Waals surface area (Å²) in [4.78, 5) is 33.1. The molecule has 0 radical (unpaired) electrons. The van der Waals surface area contributed by atoms with Gasteiger partial charge in [-0.05, 0) is 64.4 Å². The van der Waals surface area contributed by atoms with Crippen molar-refractivity contribution < 1.29 is 14.3 Å². The third-order valence-electron chi connectivity index (χ3n) is 6.98. The molecule has 0 saturated carbocycles. The van der Waals surface area contributed by atoms with E-state index in [1.807, 2.05) is 30.3 Å². The van der Waals surface area contributed by atoms with Gasteiger partial charge in [0.2, 0.25) is 0 Å². The first-order valence-corrected chi connectivity index (χ1v) is 13.2. The van der Waals surface area contributed by atoms with E-state index in [2.05, 4.69) is 30.8 Å². The largest absolute Gasteiger partial charge is 0.447 e. The SMILES string of the molecule is COCCOC(=O)Nc1ccc(-c2cnc([C@@H]3CC(c4cc(Cl)ccc4-n4cnnn4)c4cccc(=O)n43)[nH]2)cc1. The molecule has 2 atom stereocenters. The molecule has 6 rings (SSSR count). The molecule has 0 fully saturated rings. The highest BCUT2D eigenvalue weighted by molar-refractivity contribution is 6.30. The number of hydrogen-bond acceptors (Lipinski definition) is 8. The van der Waals surface area contributed by atoms with Crippen LogP contribution in [0.4, 0.5) is 10.5 Å². The van der Waals surface area contributed by atoms with Crippen molar-refractivity contribution in [3.63, 3.8) is 0 Å². The molecule has 1 aliphatic heterocycles. The number of amides is 1. The van der Waals surface area contributed by atoms with E-state index in [-0.39, 0.29) is 24.1 Å². The molecule has 4 heterocycles. The number of carbonyl (C=O) groups excluding carboxylic acids is 1. The predicted octanol–water partition coefficient (Wildman–Crippen LogP) is 4.19. The average Bonchev–Trinajstić information content (AvgIpc) is 3.74. The number of benzene rings is 2. The second-order valence-corrected chi connectivity index (χ2v) is 9.87. The minimum Gasteiger partial charge on any atom is -0.447 e. The van der Waals surface area contributed by atoms with Crippen LogP contribution < -0.4 is 10.9 Å². The summed E-state index contributed by atoms with van der Waals surface area (Å²) in [6, 6.07) is 17.8. The van der Waals surface area contributed by atoms with E-state index in [9.17, 15) is 9.59 Å². The van der Waals surface area contributed by atoms with Gasteiger partial charge in [0.05, 0.1) is 30.2 Å². The molecule has 0 saturated heterocycles. The fourth-order valence-electron chi connectivity index (χ4n) is 5.15. The summed E-state index contributed by atoms with van der Waals surface area (Å²) in [5, 5.41) is 14.9. The second kappa shape index (κ2) is 11.4. The molecular formula is C28H25ClN8O4. The van der Waals surface area contributed by atoms with Gasteiger partial charge in [0.15, 0.2) is 0 Å². The maximum atomic E-state index is 13.1. The van der Waals surface area contributed by atoms with Crippen LogP contribution in [0.15, 0.2) is 78.0 Å². The highest BCUT2D eigenvalue weighted by Gasteiger charge is 2.36. The monoisotopic (exact) mass is 572 g/mol. The number of carbonyl (C=O) groups is 1. The lowest BCUT2D eigenvalue weighted by molar-refractivity contribution is 0.107. The Morgan fingerprint density at radius 3 is 2.78 bits per heavy atom. The number of nitrogens with one attached hydrogen (secondary N) is 2. The third-order valence-corrected chi connectivity index (χ3v) is 7.22. The van der Waals surface area contributed by atoms with Gasteiger partial charge in [0, 0.05) is 35.5 Å². The van der Waals surface area contributed by atoms with Crippen LogP contribution in [0.5, 0.6) is 0 Å². The molecule has 0 aliphatic carbocycles. The number of aromatic amines is 1. The summed E-state index contributed by atoms with van der Waals surface area (Å²) < 4.78 is 13.3. The fourth-order valence-corrected chi connectivity index (χ4v) is 5.33. The number of ether oxygens (including phenoxy) is 2. The van der Waals surface area contributed by atoms with Gasteiger partial charge in [-0.15, -0.1) is 5.10 Å². The summed E-state index contributed by atoms with van der Waals surface area (Å²) in [5.41, 5.74) is 4.66. The molecule has 208 valence electrons. The molecule has 1 aliphatic rings. The molecule has 1 amide bonds. The zero-order chi connectivity index (χ0) is 28.3. The van der Waals surface area contributed by atoms with Crippen LogP contribution >= 0.6 is 11.6 Å². The Morgan fingerprint density at radius 2 is 2.00 bits per heavy atom. The molecule has 13 heteroatoms. The second-order valence-electron chi connectivity index (χ2n) is 9.43. The number of fused-ring (bicyclic) bond motifs is 1. The van der Waals surface area contributed by atoms with E-state index in [0.717, 1.165) is 28.2 Å². The average molecular weight is 573 g/mol. The Morgan fingerprint density at radius 1 is 1.15 bits per heavy atom. The van der Waals surface area contributed by atoms with Crippen LogP contribution in [0.2, 0.25) is 5.02 Å². The lowest BCUT2D eigenvalue weighted by Crippen LogP contribution is -2.23. The number of hydrogen-bond donors (Lipinski definition) is 2. The summed E-state index contributed by atoms with van der Waals surface area (Å²) >= 11 is 6.42.